The molecule has 1 aromatic carbocycles. The molecule has 1 aliphatic rings. The fraction of sp³-hybridized carbons (Fsp3) is 0.562. The summed E-state index contributed by atoms with van der Waals surface area (Å²) in [4.78, 5) is 14.2. The van der Waals surface area contributed by atoms with Gasteiger partial charge in [-0.2, -0.15) is 0 Å². The van der Waals surface area contributed by atoms with Crippen LogP contribution in [0.1, 0.15) is 37.8 Å². The number of hydrogen-bond acceptors (Lipinski definition) is 1. The van der Waals surface area contributed by atoms with E-state index in [1.54, 1.807) is 0 Å². The molecule has 0 atom stereocenters. The topological polar surface area (TPSA) is 20.3 Å². The van der Waals surface area contributed by atoms with Crippen LogP contribution in [0.2, 0.25) is 0 Å². The zero-order valence-electron chi connectivity index (χ0n) is 11.7. The van der Waals surface area contributed by atoms with Gasteiger partial charge in [-0.15, -0.1) is 0 Å². The molecule has 0 spiro atoms. The molecule has 1 aliphatic heterocycles. The number of carbonyl (C=O) groups is 1. The first kappa shape index (κ1) is 13.1. The summed E-state index contributed by atoms with van der Waals surface area (Å²) < 4.78 is 0. The Hall–Kier alpha value is -1.31. The fourth-order valence-corrected chi connectivity index (χ4v) is 2.35. The molecule has 1 heterocycles. The maximum absolute atomic E-state index is 12.2. The van der Waals surface area contributed by atoms with E-state index in [2.05, 4.69) is 45.0 Å². The standard InChI is InChI=1S/C16H23NO/c1-13-4-6-14(7-5-13)12-15(18)17-10-8-16(2,3)9-11-17/h4-7H,8-12H2,1-3H3. The largest absolute Gasteiger partial charge is 0.342 e. The van der Waals surface area contributed by atoms with E-state index in [1.807, 2.05) is 4.90 Å². The van der Waals surface area contributed by atoms with Gasteiger partial charge < -0.3 is 4.90 Å². The Bertz CT molecular complexity index is 409. The predicted molar refractivity (Wildman–Crippen MR) is 74.5 cm³/mol. The molecule has 0 aromatic heterocycles. The van der Waals surface area contributed by atoms with Crippen LogP contribution >= 0.6 is 0 Å². The maximum Gasteiger partial charge on any atom is 0.226 e. The molecule has 0 radical (unpaired) electrons. The molecule has 0 aliphatic carbocycles. The number of piperidine rings is 1. The zero-order valence-corrected chi connectivity index (χ0v) is 11.7. The quantitative estimate of drug-likeness (QED) is 0.783. The lowest BCUT2D eigenvalue weighted by Crippen LogP contribution is -2.41. The minimum atomic E-state index is 0.273. The Kier molecular flexibility index (Phi) is 3.74. The smallest absolute Gasteiger partial charge is 0.226 e. The number of carbonyl (C=O) groups excluding carboxylic acids is 1. The molecular formula is C16H23NO. The first-order valence-electron chi connectivity index (χ1n) is 6.80. The Morgan fingerprint density at radius 2 is 1.72 bits per heavy atom. The van der Waals surface area contributed by atoms with E-state index in [9.17, 15) is 4.79 Å². The van der Waals surface area contributed by atoms with Crippen molar-refractivity contribution < 1.29 is 4.79 Å². The maximum atomic E-state index is 12.2. The highest BCUT2D eigenvalue weighted by Crippen LogP contribution is 2.29. The van der Waals surface area contributed by atoms with E-state index in [-0.39, 0.29) is 5.91 Å². The van der Waals surface area contributed by atoms with Gasteiger partial charge >= 0.3 is 0 Å². The van der Waals surface area contributed by atoms with Gasteiger partial charge in [0.2, 0.25) is 5.91 Å². The van der Waals surface area contributed by atoms with Crippen molar-refractivity contribution in [3.63, 3.8) is 0 Å². The Morgan fingerprint density at radius 1 is 1.17 bits per heavy atom. The number of hydrogen-bond donors (Lipinski definition) is 0. The molecule has 1 fully saturated rings. The van der Waals surface area contributed by atoms with Gasteiger partial charge in [-0.1, -0.05) is 43.7 Å². The highest BCUT2D eigenvalue weighted by atomic mass is 16.2. The lowest BCUT2D eigenvalue weighted by molar-refractivity contribution is -0.132. The van der Waals surface area contributed by atoms with Crippen molar-refractivity contribution in [3.8, 4) is 0 Å². The average Bonchev–Trinajstić information content (AvgIpc) is 2.32. The van der Waals surface area contributed by atoms with Crippen LogP contribution in [0.3, 0.4) is 0 Å². The van der Waals surface area contributed by atoms with Gasteiger partial charge in [0.15, 0.2) is 0 Å². The first-order chi connectivity index (χ1) is 8.46. The minimum Gasteiger partial charge on any atom is -0.342 e. The van der Waals surface area contributed by atoms with Gasteiger partial charge in [-0.05, 0) is 30.7 Å². The van der Waals surface area contributed by atoms with Crippen LogP contribution in [0.4, 0.5) is 0 Å². The van der Waals surface area contributed by atoms with Crippen LogP contribution in [0.25, 0.3) is 0 Å². The van der Waals surface area contributed by atoms with Crippen molar-refractivity contribution >= 4 is 5.91 Å². The van der Waals surface area contributed by atoms with Crippen LogP contribution in [-0.2, 0) is 11.2 Å². The van der Waals surface area contributed by atoms with Crippen LogP contribution in [-0.4, -0.2) is 23.9 Å². The normalized spacial score (nSPS) is 18.7. The van der Waals surface area contributed by atoms with E-state index < -0.39 is 0 Å². The third-order valence-corrected chi connectivity index (χ3v) is 3.95. The van der Waals surface area contributed by atoms with Crippen molar-refractivity contribution in [1.29, 1.82) is 0 Å². The second-order valence-electron chi connectivity index (χ2n) is 6.21. The Labute approximate surface area is 110 Å². The average molecular weight is 245 g/mol. The Balaban J connectivity index is 1.91. The fourth-order valence-electron chi connectivity index (χ4n) is 2.35. The number of benzene rings is 1. The third-order valence-electron chi connectivity index (χ3n) is 3.95. The lowest BCUT2D eigenvalue weighted by atomic mass is 9.82. The molecule has 1 amide bonds. The molecule has 0 unspecified atom stereocenters. The van der Waals surface area contributed by atoms with Crippen molar-refractivity contribution in [2.24, 2.45) is 5.41 Å². The SMILES string of the molecule is Cc1ccc(CC(=O)N2CCC(C)(C)CC2)cc1. The van der Waals surface area contributed by atoms with Crippen LogP contribution < -0.4 is 0 Å². The zero-order chi connectivity index (χ0) is 13.2. The summed E-state index contributed by atoms with van der Waals surface area (Å²) >= 11 is 0. The van der Waals surface area contributed by atoms with E-state index in [0.717, 1.165) is 31.5 Å². The van der Waals surface area contributed by atoms with Gasteiger partial charge in [-0.3, -0.25) is 4.79 Å². The van der Waals surface area contributed by atoms with Gasteiger partial charge in [0.25, 0.3) is 0 Å². The first-order valence-corrected chi connectivity index (χ1v) is 6.80. The summed E-state index contributed by atoms with van der Waals surface area (Å²) in [7, 11) is 0. The summed E-state index contributed by atoms with van der Waals surface area (Å²) in [6.45, 7) is 8.47. The van der Waals surface area contributed by atoms with Gasteiger partial charge in [-0.25, -0.2) is 0 Å². The van der Waals surface area contributed by atoms with E-state index in [4.69, 9.17) is 0 Å². The highest BCUT2D eigenvalue weighted by Gasteiger charge is 2.27. The number of likely N-dealkylation sites (tertiary alicyclic amines) is 1. The molecule has 0 saturated carbocycles. The van der Waals surface area contributed by atoms with Gasteiger partial charge in [0, 0.05) is 13.1 Å². The van der Waals surface area contributed by atoms with E-state index in [1.165, 1.54) is 5.56 Å². The van der Waals surface area contributed by atoms with Crippen molar-refractivity contribution in [1.82, 2.24) is 4.90 Å². The monoisotopic (exact) mass is 245 g/mol. The van der Waals surface area contributed by atoms with Gasteiger partial charge in [0.1, 0.15) is 0 Å². The van der Waals surface area contributed by atoms with Crippen LogP contribution in [0.15, 0.2) is 24.3 Å². The molecule has 2 rings (SSSR count). The summed E-state index contributed by atoms with van der Waals surface area (Å²) in [6, 6.07) is 8.26. The lowest BCUT2D eigenvalue weighted by Gasteiger charge is -2.37. The molecule has 2 nitrogen and oxygen atoms in total. The number of rotatable bonds is 2. The number of amides is 1. The molecule has 0 N–H and O–H groups in total. The summed E-state index contributed by atoms with van der Waals surface area (Å²) in [5.74, 6) is 0.273. The van der Waals surface area contributed by atoms with Crippen molar-refractivity contribution in [3.05, 3.63) is 35.4 Å². The summed E-state index contributed by atoms with van der Waals surface area (Å²) in [5, 5.41) is 0. The molecule has 1 saturated heterocycles. The molecule has 18 heavy (non-hydrogen) atoms. The predicted octanol–water partition coefficient (Wildman–Crippen LogP) is 3.19. The molecular weight excluding hydrogens is 222 g/mol. The van der Waals surface area contributed by atoms with Crippen LogP contribution in [0, 0.1) is 12.3 Å². The highest BCUT2D eigenvalue weighted by molar-refractivity contribution is 5.78. The number of aryl methyl sites for hydroxylation is 1. The van der Waals surface area contributed by atoms with Crippen molar-refractivity contribution in [2.45, 2.75) is 40.0 Å². The summed E-state index contributed by atoms with van der Waals surface area (Å²) in [6.07, 6.45) is 2.78. The third kappa shape index (κ3) is 3.34. The Morgan fingerprint density at radius 3 is 2.28 bits per heavy atom. The number of nitrogens with zero attached hydrogens (tertiary/aromatic N) is 1. The molecule has 98 valence electrons. The second kappa shape index (κ2) is 5.13. The minimum absolute atomic E-state index is 0.273. The second-order valence-corrected chi connectivity index (χ2v) is 6.21. The van der Waals surface area contributed by atoms with E-state index in [0.29, 0.717) is 11.8 Å². The van der Waals surface area contributed by atoms with Gasteiger partial charge in [0.05, 0.1) is 6.42 Å². The van der Waals surface area contributed by atoms with Crippen molar-refractivity contribution in [2.75, 3.05) is 13.1 Å². The molecule has 0 bridgehead atoms. The molecule has 2 heteroatoms. The van der Waals surface area contributed by atoms with Crippen LogP contribution in [0.5, 0.6) is 0 Å². The molecule has 1 aromatic rings. The summed E-state index contributed by atoms with van der Waals surface area (Å²) in [5.41, 5.74) is 2.77. The van der Waals surface area contributed by atoms with E-state index >= 15 is 0 Å².